The summed E-state index contributed by atoms with van der Waals surface area (Å²) < 4.78 is 5.29. The fourth-order valence-corrected chi connectivity index (χ4v) is 2.93. The van der Waals surface area contributed by atoms with Gasteiger partial charge in [0, 0.05) is 43.5 Å². The van der Waals surface area contributed by atoms with Crippen molar-refractivity contribution in [2.24, 2.45) is 0 Å². The molecule has 0 bridgehead atoms. The lowest BCUT2D eigenvalue weighted by Gasteiger charge is -2.29. The first kappa shape index (κ1) is 16.4. The zero-order valence-corrected chi connectivity index (χ0v) is 14.0. The first-order chi connectivity index (χ1) is 11.8. The van der Waals surface area contributed by atoms with Crippen LogP contribution in [0.4, 0.5) is 5.69 Å². The third kappa shape index (κ3) is 4.09. The Hall–Kier alpha value is -2.46. The van der Waals surface area contributed by atoms with E-state index in [2.05, 4.69) is 40.6 Å². The molecule has 4 heteroatoms. The van der Waals surface area contributed by atoms with Gasteiger partial charge in [0.05, 0.1) is 7.11 Å². The second-order valence-corrected chi connectivity index (χ2v) is 5.94. The van der Waals surface area contributed by atoms with E-state index >= 15 is 0 Å². The maximum absolute atomic E-state index is 9.49. The molecule has 1 fully saturated rings. The number of aromatic hydroxyl groups is 1. The summed E-state index contributed by atoms with van der Waals surface area (Å²) in [6.07, 6.45) is 5.02. The molecular weight excluding hydrogens is 300 g/mol. The highest BCUT2D eigenvalue weighted by molar-refractivity contribution is 5.59. The average Bonchev–Trinajstić information content (AvgIpc) is 2.64. The highest BCUT2D eigenvalue weighted by Gasteiger charge is 2.09. The van der Waals surface area contributed by atoms with Crippen molar-refractivity contribution in [1.29, 1.82) is 0 Å². The van der Waals surface area contributed by atoms with E-state index in [0.717, 1.165) is 38.2 Å². The molecule has 2 aromatic carbocycles. The number of piperazine rings is 1. The van der Waals surface area contributed by atoms with Crippen LogP contribution in [0.5, 0.6) is 11.5 Å². The molecule has 0 aromatic heterocycles. The standard InChI is InChI=1S/C20H24N2O2/c1-24-20-15-19(23)10-7-17(20)4-2-3-16-5-8-18(9-6-16)22-13-11-21-12-14-22/h2,4-10,15,21,23H,3,11-14H2,1H3/b4-2+. The van der Waals surface area contributed by atoms with Crippen molar-refractivity contribution in [2.75, 3.05) is 38.2 Å². The molecule has 24 heavy (non-hydrogen) atoms. The van der Waals surface area contributed by atoms with E-state index in [-0.39, 0.29) is 5.75 Å². The van der Waals surface area contributed by atoms with Crippen molar-refractivity contribution in [3.8, 4) is 11.5 Å². The smallest absolute Gasteiger partial charge is 0.129 e. The largest absolute Gasteiger partial charge is 0.508 e. The molecule has 2 N–H and O–H groups in total. The minimum absolute atomic E-state index is 0.215. The van der Waals surface area contributed by atoms with Crippen LogP contribution >= 0.6 is 0 Å². The van der Waals surface area contributed by atoms with Crippen LogP contribution in [-0.4, -0.2) is 38.4 Å². The van der Waals surface area contributed by atoms with Crippen LogP contribution in [-0.2, 0) is 6.42 Å². The van der Waals surface area contributed by atoms with E-state index < -0.39 is 0 Å². The van der Waals surface area contributed by atoms with Gasteiger partial charge >= 0.3 is 0 Å². The predicted octanol–water partition coefficient (Wildman–Crippen LogP) is 3.07. The lowest BCUT2D eigenvalue weighted by molar-refractivity contribution is 0.407. The zero-order chi connectivity index (χ0) is 16.8. The van der Waals surface area contributed by atoms with Crippen molar-refractivity contribution in [3.63, 3.8) is 0 Å². The van der Waals surface area contributed by atoms with Gasteiger partial charge in [0.25, 0.3) is 0 Å². The van der Waals surface area contributed by atoms with Crippen LogP contribution in [0.25, 0.3) is 6.08 Å². The average molecular weight is 324 g/mol. The number of allylic oxidation sites excluding steroid dienone is 1. The van der Waals surface area contributed by atoms with Crippen LogP contribution < -0.4 is 15.0 Å². The lowest BCUT2D eigenvalue weighted by atomic mass is 10.1. The maximum Gasteiger partial charge on any atom is 0.129 e. The van der Waals surface area contributed by atoms with Crippen LogP contribution in [0.3, 0.4) is 0 Å². The highest BCUT2D eigenvalue weighted by atomic mass is 16.5. The van der Waals surface area contributed by atoms with Gasteiger partial charge in [0.2, 0.25) is 0 Å². The Labute approximate surface area is 143 Å². The molecule has 0 saturated carbocycles. The summed E-state index contributed by atoms with van der Waals surface area (Å²) in [5, 5.41) is 12.9. The van der Waals surface area contributed by atoms with Gasteiger partial charge in [-0.05, 0) is 36.2 Å². The number of methoxy groups -OCH3 is 1. The fourth-order valence-electron chi connectivity index (χ4n) is 2.93. The Morgan fingerprint density at radius 3 is 2.58 bits per heavy atom. The van der Waals surface area contributed by atoms with Gasteiger partial charge in [-0.2, -0.15) is 0 Å². The minimum Gasteiger partial charge on any atom is -0.508 e. The number of phenolic OH excluding ortho intramolecular Hbond substituents is 1. The normalized spacial score (nSPS) is 15.0. The molecule has 4 nitrogen and oxygen atoms in total. The molecule has 0 radical (unpaired) electrons. The van der Waals surface area contributed by atoms with E-state index in [1.165, 1.54) is 11.3 Å². The van der Waals surface area contributed by atoms with Crippen molar-refractivity contribution in [2.45, 2.75) is 6.42 Å². The molecule has 126 valence electrons. The van der Waals surface area contributed by atoms with Crippen molar-refractivity contribution >= 4 is 11.8 Å². The van der Waals surface area contributed by atoms with E-state index in [0.29, 0.717) is 5.75 Å². The number of phenols is 1. The Bertz CT molecular complexity index is 689. The third-order valence-corrected chi connectivity index (χ3v) is 4.29. The van der Waals surface area contributed by atoms with Crippen LogP contribution in [0.15, 0.2) is 48.5 Å². The lowest BCUT2D eigenvalue weighted by Crippen LogP contribution is -2.43. The molecule has 0 amide bonds. The molecule has 1 heterocycles. The number of hydrogen-bond donors (Lipinski definition) is 2. The molecule has 1 saturated heterocycles. The van der Waals surface area contributed by atoms with Crippen LogP contribution in [0, 0.1) is 0 Å². The summed E-state index contributed by atoms with van der Waals surface area (Å²) in [5.41, 5.74) is 3.54. The number of benzene rings is 2. The predicted molar refractivity (Wildman–Crippen MR) is 98.9 cm³/mol. The van der Waals surface area contributed by atoms with E-state index in [1.807, 2.05) is 12.1 Å². The van der Waals surface area contributed by atoms with Gasteiger partial charge in [-0.1, -0.05) is 24.3 Å². The molecule has 0 spiro atoms. The van der Waals surface area contributed by atoms with Gasteiger partial charge in [-0.25, -0.2) is 0 Å². The summed E-state index contributed by atoms with van der Waals surface area (Å²) in [6.45, 7) is 4.25. The van der Waals surface area contributed by atoms with Gasteiger partial charge in [-0.15, -0.1) is 0 Å². The van der Waals surface area contributed by atoms with Crippen LogP contribution in [0.2, 0.25) is 0 Å². The number of hydrogen-bond acceptors (Lipinski definition) is 4. The molecule has 3 rings (SSSR count). The fraction of sp³-hybridized carbons (Fsp3) is 0.300. The SMILES string of the molecule is COc1cc(O)ccc1/C=C/Cc1ccc(N2CCNCC2)cc1. The number of nitrogens with zero attached hydrogens (tertiary/aromatic N) is 1. The molecule has 1 aliphatic rings. The Morgan fingerprint density at radius 2 is 1.88 bits per heavy atom. The quantitative estimate of drug-likeness (QED) is 0.887. The number of nitrogens with one attached hydrogen (secondary N) is 1. The summed E-state index contributed by atoms with van der Waals surface area (Å²) in [6, 6.07) is 13.9. The first-order valence-electron chi connectivity index (χ1n) is 8.34. The zero-order valence-electron chi connectivity index (χ0n) is 14.0. The van der Waals surface area contributed by atoms with E-state index in [4.69, 9.17) is 4.74 Å². The van der Waals surface area contributed by atoms with E-state index in [1.54, 1.807) is 19.2 Å². The van der Waals surface area contributed by atoms with Crippen molar-refractivity contribution in [1.82, 2.24) is 5.32 Å². The third-order valence-electron chi connectivity index (χ3n) is 4.29. The summed E-state index contributed by atoms with van der Waals surface area (Å²) in [5.74, 6) is 0.896. The summed E-state index contributed by atoms with van der Waals surface area (Å²) in [7, 11) is 1.61. The van der Waals surface area contributed by atoms with E-state index in [9.17, 15) is 5.11 Å². The number of ether oxygens (including phenoxy) is 1. The van der Waals surface area contributed by atoms with Gasteiger partial charge in [0.1, 0.15) is 11.5 Å². The maximum atomic E-state index is 9.49. The second kappa shape index (κ2) is 7.88. The molecule has 0 unspecified atom stereocenters. The Balaban J connectivity index is 1.62. The monoisotopic (exact) mass is 324 g/mol. The summed E-state index contributed by atoms with van der Waals surface area (Å²) in [4.78, 5) is 2.41. The van der Waals surface area contributed by atoms with Gasteiger partial charge in [0.15, 0.2) is 0 Å². The molecule has 1 aliphatic heterocycles. The molecular formula is C20H24N2O2. The highest BCUT2D eigenvalue weighted by Crippen LogP contribution is 2.25. The first-order valence-corrected chi connectivity index (χ1v) is 8.34. The van der Waals surface area contributed by atoms with Gasteiger partial charge < -0.3 is 20.1 Å². The van der Waals surface area contributed by atoms with Gasteiger partial charge in [-0.3, -0.25) is 0 Å². The number of rotatable bonds is 5. The van der Waals surface area contributed by atoms with Crippen LogP contribution in [0.1, 0.15) is 11.1 Å². The molecule has 0 atom stereocenters. The van der Waals surface area contributed by atoms with Crippen molar-refractivity contribution < 1.29 is 9.84 Å². The topological polar surface area (TPSA) is 44.7 Å². The van der Waals surface area contributed by atoms with Crippen molar-refractivity contribution in [3.05, 3.63) is 59.7 Å². The Morgan fingerprint density at radius 1 is 1.12 bits per heavy atom. The molecule has 0 aliphatic carbocycles. The number of anilines is 1. The molecule has 2 aromatic rings. The second-order valence-electron chi connectivity index (χ2n) is 5.94. The summed E-state index contributed by atoms with van der Waals surface area (Å²) >= 11 is 0. The minimum atomic E-state index is 0.215. The Kier molecular flexibility index (Phi) is 5.39.